The van der Waals surface area contributed by atoms with E-state index in [-0.39, 0.29) is 23.8 Å². The summed E-state index contributed by atoms with van der Waals surface area (Å²) in [6, 6.07) is 18.3. The van der Waals surface area contributed by atoms with Crippen LogP contribution in [-0.2, 0) is 11.3 Å². The second kappa shape index (κ2) is 9.93. The van der Waals surface area contributed by atoms with Crippen molar-refractivity contribution in [3.8, 4) is 0 Å². The predicted molar refractivity (Wildman–Crippen MR) is 141 cm³/mol. The number of halogens is 3. The molecule has 5 nitrogen and oxygen atoms in total. The number of hydrogen-bond donors (Lipinski definition) is 0. The molecule has 180 valence electrons. The van der Waals surface area contributed by atoms with Crippen LogP contribution in [0.4, 0.5) is 9.18 Å². The maximum absolute atomic E-state index is 14.4. The first-order valence-electron chi connectivity index (χ1n) is 10.9. The van der Waals surface area contributed by atoms with Crippen molar-refractivity contribution < 1.29 is 18.8 Å². The minimum atomic E-state index is -0.540. The first-order valence-corrected chi connectivity index (χ1v) is 12.4. The zero-order valence-corrected chi connectivity index (χ0v) is 20.9. The molecule has 1 fully saturated rings. The molecule has 0 spiro atoms. The lowest BCUT2D eigenvalue weighted by Crippen LogP contribution is -2.33. The number of fused-ring (bicyclic) bond motifs is 1. The number of aromatic nitrogens is 1. The fourth-order valence-corrected chi connectivity index (χ4v) is 5.20. The van der Waals surface area contributed by atoms with Crippen molar-refractivity contribution in [3.05, 3.63) is 110 Å². The number of nitrogens with zero attached hydrogens (tertiary/aromatic N) is 2. The number of amides is 2. The Morgan fingerprint density at radius 2 is 1.72 bits per heavy atom. The molecule has 0 bridgehead atoms. The topological polar surface area (TPSA) is 59.4 Å². The smallest absolute Gasteiger partial charge is 0.293 e. The largest absolute Gasteiger partial charge is 0.342 e. The first kappa shape index (κ1) is 24.3. The van der Waals surface area contributed by atoms with Crippen LogP contribution in [0.25, 0.3) is 17.0 Å². The second-order valence-corrected chi connectivity index (χ2v) is 9.96. The normalized spacial score (nSPS) is 14.9. The Balaban J connectivity index is 1.44. The maximum Gasteiger partial charge on any atom is 0.293 e. The van der Waals surface area contributed by atoms with Gasteiger partial charge in [-0.15, -0.1) is 0 Å². The molecule has 0 radical (unpaired) electrons. The van der Waals surface area contributed by atoms with Crippen LogP contribution in [0.2, 0.25) is 10.0 Å². The second-order valence-electron chi connectivity index (χ2n) is 8.13. The number of rotatable bonds is 6. The summed E-state index contributed by atoms with van der Waals surface area (Å²) in [4.78, 5) is 39.4. The third-order valence-corrected chi connectivity index (χ3v) is 7.35. The molecule has 1 aromatic heterocycles. The average Bonchev–Trinajstić information content (AvgIpc) is 3.34. The number of carbonyl (C=O) groups is 3. The lowest BCUT2D eigenvalue weighted by molar-refractivity contribution is -0.122. The SMILES string of the molecule is O=C(CN1C(=O)S/C(=C\c2cn(Cc3c(F)cccc3Cl)c3ccccc23)C1=O)c1ccc(Cl)cc1. The van der Waals surface area contributed by atoms with E-state index in [2.05, 4.69) is 0 Å². The average molecular weight is 539 g/mol. The molecule has 0 unspecified atom stereocenters. The van der Waals surface area contributed by atoms with Gasteiger partial charge in [-0.05, 0) is 60.3 Å². The summed E-state index contributed by atoms with van der Waals surface area (Å²) >= 11 is 12.9. The van der Waals surface area contributed by atoms with Gasteiger partial charge in [0.1, 0.15) is 5.82 Å². The van der Waals surface area contributed by atoms with Gasteiger partial charge in [-0.25, -0.2) is 4.39 Å². The molecular formula is C27H17Cl2FN2O3S. The Morgan fingerprint density at radius 1 is 0.972 bits per heavy atom. The van der Waals surface area contributed by atoms with Crippen LogP contribution in [0.1, 0.15) is 21.5 Å². The lowest BCUT2D eigenvalue weighted by Gasteiger charge is -2.11. The number of hydrogen-bond acceptors (Lipinski definition) is 4. The molecule has 1 saturated heterocycles. The van der Waals surface area contributed by atoms with Crippen molar-refractivity contribution in [3.63, 3.8) is 0 Å². The van der Waals surface area contributed by atoms with E-state index >= 15 is 0 Å². The fourth-order valence-electron chi connectivity index (χ4n) is 4.02. The van der Waals surface area contributed by atoms with Gasteiger partial charge in [0.2, 0.25) is 0 Å². The Morgan fingerprint density at radius 3 is 2.47 bits per heavy atom. The number of benzene rings is 3. The Kier molecular flexibility index (Phi) is 6.71. The van der Waals surface area contributed by atoms with Crippen molar-refractivity contribution in [1.29, 1.82) is 0 Å². The molecular weight excluding hydrogens is 522 g/mol. The van der Waals surface area contributed by atoms with Gasteiger partial charge in [0.15, 0.2) is 5.78 Å². The van der Waals surface area contributed by atoms with Gasteiger partial charge in [-0.2, -0.15) is 0 Å². The van der Waals surface area contributed by atoms with E-state index in [1.165, 1.54) is 6.07 Å². The molecule has 36 heavy (non-hydrogen) atoms. The number of thioether (sulfide) groups is 1. The summed E-state index contributed by atoms with van der Waals surface area (Å²) < 4.78 is 16.3. The number of para-hydroxylation sites is 1. The van der Waals surface area contributed by atoms with Gasteiger partial charge in [0.05, 0.1) is 18.0 Å². The Labute approximate surface area is 220 Å². The van der Waals surface area contributed by atoms with Gasteiger partial charge in [0.25, 0.3) is 11.1 Å². The highest BCUT2D eigenvalue weighted by Gasteiger charge is 2.36. The van der Waals surface area contributed by atoms with Crippen LogP contribution < -0.4 is 0 Å². The molecule has 0 saturated carbocycles. The monoisotopic (exact) mass is 538 g/mol. The van der Waals surface area contributed by atoms with Crippen molar-refractivity contribution in [2.75, 3.05) is 6.54 Å². The third-order valence-electron chi connectivity index (χ3n) is 5.84. The van der Waals surface area contributed by atoms with Crippen molar-refractivity contribution in [2.45, 2.75) is 6.54 Å². The summed E-state index contributed by atoms with van der Waals surface area (Å²) in [7, 11) is 0. The van der Waals surface area contributed by atoms with Crippen LogP contribution in [0, 0.1) is 5.82 Å². The zero-order chi connectivity index (χ0) is 25.4. The van der Waals surface area contributed by atoms with E-state index in [1.807, 2.05) is 28.8 Å². The van der Waals surface area contributed by atoms with E-state index in [1.54, 1.807) is 48.7 Å². The van der Waals surface area contributed by atoms with Crippen molar-refractivity contribution >= 4 is 68.9 Å². The third kappa shape index (κ3) is 4.69. The Hall–Kier alpha value is -3.39. The van der Waals surface area contributed by atoms with Gasteiger partial charge in [0, 0.05) is 43.8 Å². The van der Waals surface area contributed by atoms with E-state index in [0.29, 0.717) is 26.7 Å². The molecule has 9 heteroatoms. The highest BCUT2D eigenvalue weighted by atomic mass is 35.5. The molecule has 2 amide bonds. The summed E-state index contributed by atoms with van der Waals surface area (Å²) in [6.45, 7) is -0.173. The molecule has 4 aromatic rings. The standard InChI is InChI=1S/C27H17Cl2FN2O3S/c28-18-10-8-16(9-11-18)24(33)15-32-26(34)25(36-27(32)35)12-17-13-31(23-7-2-1-4-19(17)23)14-20-21(29)5-3-6-22(20)30/h1-13H,14-15H2/b25-12-. The van der Waals surface area contributed by atoms with Crippen LogP contribution >= 0.6 is 35.0 Å². The quantitative estimate of drug-likeness (QED) is 0.195. The van der Waals surface area contributed by atoms with E-state index in [4.69, 9.17) is 23.2 Å². The Bertz CT molecular complexity index is 1540. The van der Waals surface area contributed by atoms with Crippen LogP contribution in [0.3, 0.4) is 0 Å². The minimum absolute atomic E-state index is 0.191. The number of Topliss-reactive ketones (excluding diaryl/α,β-unsaturated/α-hetero) is 1. The molecule has 2 heterocycles. The number of carbonyl (C=O) groups excluding carboxylic acids is 3. The zero-order valence-electron chi connectivity index (χ0n) is 18.6. The summed E-state index contributed by atoms with van der Waals surface area (Å²) in [5.41, 5.74) is 2.22. The minimum Gasteiger partial charge on any atom is -0.342 e. The summed E-state index contributed by atoms with van der Waals surface area (Å²) in [6.07, 6.45) is 3.42. The molecule has 3 aromatic carbocycles. The van der Waals surface area contributed by atoms with Gasteiger partial charge >= 0.3 is 0 Å². The summed E-state index contributed by atoms with van der Waals surface area (Å²) in [5, 5.41) is 1.11. The molecule has 0 atom stereocenters. The fraction of sp³-hybridized carbons (Fsp3) is 0.0741. The predicted octanol–water partition coefficient (Wildman–Crippen LogP) is 7.05. The first-order chi connectivity index (χ1) is 17.3. The summed E-state index contributed by atoms with van der Waals surface area (Å²) in [5.74, 6) is -1.32. The van der Waals surface area contributed by atoms with Gasteiger partial charge < -0.3 is 4.57 Å². The molecule has 1 aliphatic rings. The maximum atomic E-state index is 14.4. The van der Waals surface area contributed by atoms with Gasteiger partial charge in [-0.1, -0.05) is 47.5 Å². The van der Waals surface area contributed by atoms with Gasteiger partial charge in [-0.3, -0.25) is 19.3 Å². The number of imide groups is 1. The lowest BCUT2D eigenvalue weighted by atomic mass is 10.1. The van der Waals surface area contributed by atoms with E-state index < -0.39 is 17.0 Å². The van der Waals surface area contributed by atoms with Crippen LogP contribution in [0.5, 0.6) is 0 Å². The van der Waals surface area contributed by atoms with Crippen molar-refractivity contribution in [2.24, 2.45) is 0 Å². The highest BCUT2D eigenvalue weighted by Crippen LogP contribution is 2.35. The molecule has 5 rings (SSSR count). The van der Waals surface area contributed by atoms with Crippen LogP contribution in [-0.4, -0.2) is 32.9 Å². The van der Waals surface area contributed by atoms with Crippen LogP contribution in [0.15, 0.2) is 77.8 Å². The van der Waals surface area contributed by atoms with E-state index in [9.17, 15) is 18.8 Å². The molecule has 0 N–H and O–H groups in total. The highest BCUT2D eigenvalue weighted by molar-refractivity contribution is 8.18. The number of ketones is 1. The van der Waals surface area contributed by atoms with E-state index in [0.717, 1.165) is 27.6 Å². The van der Waals surface area contributed by atoms with Crippen molar-refractivity contribution in [1.82, 2.24) is 9.47 Å². The molecule has 0 aliphatic carbocycles. The molecule has 1 aliphatic heterocycles.